The van der Waals surface area contributed by atoms with Gasteiger partial charge in [0.15, 0.2) is 5.06 Å². The van der Waals surface area contributed by atoms with Crippen molar-refractivity contribution in [3.05, 3.63) is 15.4 Å². The van der Waals surface area contributed by atoms with Crippen LogP contribution in [0.3, 0.4) is 0 Å². The second-order valence-electron chi connectivity index (χ2n) is 3.29. The normalized spacial score (nSPS) is 11.4. The molecular formula is C9H11BrO2S. The third kappa shape index (κ3) is 2.11. The molecule has 1 rings (SSSR count). The van der Waals surface area contributed by atoms with E-state index in [2.05, 4.69) is 15.9 Å². The number of hydrogen-bond acceptors (Lipinski definition) is 3. The fourth-order valence-corrected chi connectivity index (χ4v) is 2.58. The Kier molecular flexibility index (Phi) is 3.14. The predicted molar refractivity (Wildman–Crippen MR) is 57.7 cm³/mol. The highest BCUT2D eigenvalue weighted by Crippen LogP contribution is 2.39. The molecule has 0 bridgehead atoms. The molecule has 0 unspecified atom stereocenters. The number of hydrogen-bond donors (Lipinski definition) is 0. The largest absolute Gasteiger partial charge is 0.486 e. The first-order valence-electron chi connectivity index (χ1n) is 3.81. The number of carbonyl (C=O) groups is 1. The molecule has 0 amide bonds. The number of ether oxygens (including phenoxy) is 1. The average molecular weight is 263 g/mol. The zero-order valence-corrected chi connectivity index (χ0v) is 10.2. The summed E-state index contributed by atoms with van der Waals surface area (Å²) in [6.45, 7) is 3.77. The minimum absolute atomic E-state index is 0.427. The first-order chi connectivity index (χ1) is 6.01. The van der Waals surface area contributed by atoms with Crippen molar-refractivity contribution >= 4 is 33.6 Å². The fourth-order valence-electron chi connectivity index (χ4n) is 0.867. The maximum Gasteiger partial charge on any atom is 0.188 e. The van der Waals surface area contributed by atoms with Crippen LogP contribution < -0.4 is 4.74 Å². The van der Waals surface area contributed by atoms with Gasteiger partial charge in [-0.2, -0.15) is 0 Å². The zero-order valence-electron chi connectivity index (χ0n) is 7.76. The summed E-state index contributed by atoms with van der Waals surface area (Å²) in [5.74, 6) is 0. The summed E-state index contributed by atoms with van der Waals surface area (Å²) >= 11 is 4.86. The van der Waals surface area contributed by atoms with Gasteiger partial charge in [-0.25, -0.2) is 0 Å². The third-order valence-corrected chi connectivity index (χ3v) is 4.06. The SMILES string of the molecule is COc1sc(C(C)(C)C=O)cc1Br. The summed E-state index contributed by atoms with van der Waals surface area (Å²) in [6.07, 6.45) is 0.949. The molecule has 4 heteroatoms. The lowest BCUT2D eigenvalue weighted by Gasteiger charge is -2.13. The Morgan fingerprint density at radius 2 is 2.23 bits per heavy atom. The van der Waals surface area contributed by atoms with Gasteiger partial charge in [-0.15, -0.1) is 11.3 Å². The van der Waals surface area contributed by atoms with Crippen molar-refractivity contribution in [2.75, 3.05) is 7.11 Å². The molecule has 0 aromatic carbocycles. The van der Waals surface area contributed by atoms with Crippen LogP contribution in [0.25, 0.3) is 0 Å². The molecule has 72 valence electrons. The standard InChI is InChI=1S/C9H11BrO2S/c1-9(2,5-11)7-4-6(10)8(12-3)13-7/h4-5H,1-3H3. The summed E-state index contributed by atoms with van der Waals surface area (Å²) in [7, 11) is 1.62. The Morgan fingerprint density at radius 1 is 1.62 bits per heavy atom. The molecule has 1 aromatic heterocycles. The van der Waals surface area contributed by atoms with Crippen LogP contribution >= 0.6 is 27.3 Å². The molecule has 0 radical (unpaired) electrons. The molecule has 0 atom stereocenters. The Hall–Kier alpha value is -0.350. The molecule has 0 aliphatic carbocycles. The molecule has 2 nitrogen and oxygen atoms in total. The number of carbonyl (C=O) groups excluding carboxylic acids is 1. The van der Waals surface area contributed by atoms with Crippen molar-refractivity contribution in [3.8, 4) is 5.06 Å². The van der Waals surface area contributed by atoms with Crippen LogP contribution in [0.1, 0.15) is 18.7 Å². The molecule has 13 heavy (non-hydrogen) atoms. The van der Waals surface area contributed by atoms with E-state index in [1.807, 2.05) is 19.9 Å². The summed E-state index contributed by atoms with van der Waals surface area (Å²) < 4.78 is 6.03. The van der Waals surface area contributed by atoms with Gasteiger partial charge in [0.05, 0.1) is 17.0 Å². The number of halogens is 1. The lowest BCUT2D eigenvalue weighted by molar-refractivity contribution is -0.111. The van der Waals surface area contributed by atoms with Crippen molar-refractivity contribution in [1.82, 2.24) is 0 Å². The highest BCUT2D eigenvalue weighted by Gasteiger charge is 2.23. The zero-order chi connectivity index (χ0) is 10.1. The van der Waals surface area contributed by atoms with E-state index < -0.39 is 5.41 Å². The minimum Gasteiger partial charge on any atom is -0.486 e. The molecule has 0 saturated carbocycles. The number of rotatable bonds is 3. The van der Waals surface area contributed by atoms with E-state index in [1.165, 1.54) is 11.3 Å². The Morgan fingerprint density at radius 3 is 2.62 bits per heavy atom. The Labute approximate surface area is 90.0 Å². The minimum atomic E-state index is -0.427. The van der Waals surface area contributed by atoms with Crippen LogP contribution in [0.2, 0.25) is 0 Å². The van der Waals surface area contributed by atoms with Crippen molar-refractivity contribution < 1.29 is 9.53 Å². The number of thiophene rings is 1. The van der Waals surface area contributed by atoms with Crippen LogP contribution in [0.4, 0.5) is 0 Å². The van der Waals surface area contributed by atoms with Gasteiger partial charge in [-0.1, -0.05) is 0 Å². The lowest BCUT2D eigenvalue weighted by Crippen LogP contribution is -2.16. The van der Waals surface area contributed by atoms with Gasteiger partial charge in [0.1, 0.15) is 6.29 Å². The van der Waals surface area contributed by atoms with Crippen LogP contribution in [-0.4, -0.2) is 13.4 Å². The van der Waals surface area contributed by atoms with Gasteiger partial charge < -0.3 is 9.53 Å². The molecule has 0 N–H and O–H groups in total. The smallest absolute Gasteiger partial charge is 0.188 e. The van der Waals surface area contributed by atoms with Crippen LogP contribution in [0.15, 0.2) is 10.5 Å². The highest BCUT2D eigenvalue weighted by molar-refractivity contribution is 9.10. The molecule has 1 heterocycles. The molecule has 0 aliphatic heterocycles. The third-order valence-electron chi connectivity index (χ3n) is 1.77. The van der Waals surface area contributed by atoms with E-state index in [0.29, 0.717) is 0 Å². The van der Waals surface area contributed by atoms with E-state index in [1.54, 1.807) is 7.11 Å². The van der Waals surface area contributed by atoms with Gasteiger partial charge in [0.2, 0.25) is 0 Å². The van der Waals surface area contributed by atoms with Gasteiger partial charge in [-0.3, -0.25) is 0 Å². The summed E-state index contributed by atoms with van der Waals surface area (Å²) in [6, 6.07) is 1.93. The van der Waals surface area contributed by atoms with E-state index in [-0.39, 0.29) is 0 Å². The van der Waals surface area contributed by atoms with Crippen molar-refractivity contribution in [2.45, 2.75) is 19.3 Å². The quantitative estimate of drug-likeness (QED) is 0.783. The molecule has 0 spiro atoms. The van der Waals surface area contributed by atoms with E-state index in [0.717, 1.165) is 20.7 Å². The summed E-state index contributed by atoms with van der Waals surface area (Å²) in [4.78, 5) is 11.8. The van der Waals surface area contributed by atoms with Crippen molar-refractivity contribution in [2.24, 2.45) is 0 Å². The molecule has 0 aliphatic rings. The van der Waals surface area contributed by atoms with Gasteiger partial charge in [0, 0.05) is 4.88 Å². The summed E-state index contributed by atoms with van der Waals surface area (Å²) in [5, 5.41) is 0.810. The fraction of sp³-hybridized carbons (Fsp3) is 0.444. The number of methoxy groups -OCH3 is 1. The molecule has 1 aromatic rings. The average Bonchev–Trinajstić information content (AvgIpc) is 2.47. The summed E-state index contributed by atoms with van der Waals surface area (Å²) in [5.41, 5.74) is -0.427. The Bertz CT molecular complexity index is 317. The topological polar surface area (TPSA) is 26.3 Å². The maximum absolute atomic E-state index is 10.8. The van der Waals surface area contributed by atoms with E-state index >= 15 is 0 Å². The van der Waals surface area contributed by atoms with E-state index in [9.17, 15) is 4.79 Å². The highest BCUT2D eigenvalue weighted by atomic mass is 79.9. The maximum atomic E-state index is 10.8. The van der Waals surface area contributed by atoms with Gasteiger partial charge in [0.25, 0.3) is 0 Å². The predicted octanol–water partition coefficient (Wildman–Crippen LogP) is 3.00. The van der Waals surface area contributed by atoms with Crippen molar-refractivity contribution in [1.29, 1.82) is 0 Å². The van der Waals surface area contributed by atoms with Crippen LogP contribution in [0, 0.1) is 0 Å². The van der Waals surface area contributed by atoms with Crippen LogP contribution in [0.5, 0.6) is 5.06 Å². The second-order valence-corrected chi connectivity index (χ2v) is 5.16. The molecule has 0 saturated heterocycles. The lowest BCUT2D eigenvalue weighted by atomic mass is 9.94. The Balaban J connectivity index is 3.10. The second kappa shape index (κ2) is 3.80. The molecular weight excluding hydrogens is 252 g/mol. The van der Waals surface area contributed by atoms with E-state index in [4.69, 9.17) is 4.74 Å². The monoisotopic (exact) mass is 262 g/mol. The molecule has 0 fully saturated rings. The first-order valence-corrected chi connectivity index (χ1v) is 5.42. The first kappa shape index (κ1) is 10.7. The number of aldehydes is 1. The van der Waals surface area contributed by atoms with Gasteiger partial charge >= 0.3 is 0 Å². The van der Waals surface area contributed by atoms with Crippen LogP contribution in [-0.2, 0) is 10.2 Å². The van der Waals surface area contributed by atoms with Gasteiger partial charge in [-0.05, 0) is 35.8 Å². The van der Waals surface area contributed by atoms with Crippen molar-refractivity contribution in [3.63, 3.8) is 0 Å².